The Bertz CT molecular complexity index is 1310. The molecule has 0 atom stereocenters. The van der Waals surface area contributed by atoms with Crippen molar-refractivity contribution in [2.75, 3.05) is 23.3 Å². The van der Waals surface area contributed by atoms with Crippen LogP contribution in [0.5, 0.6) is 0 Å². The maximum atomic E-state index is 11.6. The molecule has 0 bridgehead atoms. The number of rotatable bonds is 7. The number of carbonyl (C=O) groups is 1. The third kappa shape index (κ3) is 4.82. The number of piperidine rings is 1. The van der Waals surface area contributed by atoms with E-state index in [1.54, 1.807) is 0 Å². The largest absolute Gasteiger partial charge is 0.369 e. The van der Waals surface area contributed by atoms with Gasteiger partial charge in [-0.1, -0.05) is 54.6 Å². The molecule has 8 nitrogen and oxygen atoms in total. The Balaban J connectivity index is 1.39. The van der Waals surface area contributed by atoms with Crippen LogP contribution in [0.1, 0.15) is 38.3 Å². The summed E-state index contributed by atoms with van der Waals surface area (Å²) < 4.78 is 2.07. The number of benzene rings is 2. The summed E-state index contributed by atoms with van der Waals surface area (Å²) in [6, 6.07) is 19.1. The van der Waals surface area contributed by atoms with E-state index in [4.69, 9.17) is 15.7 Å². The van der Waals surface area contributed by atoms with E-state index < -0.39 is 0 Å². The van der Waals surface area contributed by atoms with Crippen molar-refractivity contribution in [3.63, 3.8) is 0 Å². The van der Waals surface area contributed by atoms with Crippen molar-refractivity contribution in [3.8, 4) is 11.1 Å². The molecule has 5 rings (SSSR count). The molecule has 1 saturated heterocycles. The number of imidazole rings is 1. The second kappa shape index (κ2) is 9.74. The van der Waals surface area contributed by atoms with E-state index in [-0.39, 0.29) is 17.9 Å². The predicted molar refractivity (Wildman–Crippen MR) is 139 cm³/mol. The van der Waals surface area contributed by atoms with Crippen molar-refractivity contribution in [2.24, 2.45) is 11.7 Å². The SMILES string of the molecule is CC(C)n1cnc2c(NCc3ccc(-c4ccccc4)cc3)nc(N3CCC(C(N)=O)CC3)nc21. The summed E-state index contributed by atoms with van der Waals surface area (Å²) in [7, 11) is 0. The quantitative estimate of drug-likeness (QED) is 0.416. The van der Waals surface area contributed by atoms with E-state index in [9.17, 15) is 4.79 Å². The highest BCUT2D eigenvalue weighted by Crippen LogP contribution is 2.28. The van der Waals surface area contributed by atoms with E-state index in [1.165, 1.54) is 11.1 Å². The van der Waals surface area contributed by atoms with Crippen molar-refractivity contribution in [1.82, 2.24) is 19.5 Å². The fourth-order valence-corrected chi connectivity index (χ4v) is 4.54. The van der Waals surface area contributed by atoms with Crippen LogP contribution in [-0.4, -0.2) is 38.5 Å². The van der Waals surface area contributed by atoms with Gasteiger partial charge in [0.2, 0.25) is 11.9 Å². The Morgan fingerprint density at radius 2 is 1.71 bits per heavy atom. The third-order valence-corrected chi connectivity index (χ3v) is 6.67. The first-order valence-electron chi connectivity index (χ1n) is 12.2. The number of fused-ring (bicyclic) bond motifs is 1. The summed E-state index contributed by atoms with van der Waals surface area (Å²) >= 11 is 0. The molecule has 8 heteroatoms. The van der Waals surface area contributed by atoms with Crippen LogP contribution in [0.3, 0.4) is 0 Å². The zero-order valence-electron chi connectivity index (χ0n) is 20.2. The second-order valence-electron chi connectivity index (χ2n) is 9.37. The van der Waals surface area contributed by atoms with Crippen LogP contribution in [0.25, 0.3) is 22.3 Å². The molecule has 180 valence electrons. The van der Waals surface area contributed by atoms with E-state index in [2.05, 4.69) is 82.1 Å². The predicted octanol–water partition coefficient (Wildman–Crippen LogP) is 4.39. The number of amides is 1. The minimum atomic E-state index is -0.223. The molecule has 4 aromatic rings. The first-order valence-corrected chi connectivity index (χ1v) is 12.2. The van der Waals surface area contributed by atoms with Gasteiger partial charge in [0.15, 0.2) is 17.0 Å². The molecule has 0 radical (unpaired) electrons. The topological polar surface area (TPSA) is 102 Å². The second-order valence-corrected chi connectivity index (χ2v) is 9.37. The third-order valence-electron chi connectivity index (χ3n) is 6.67. The number of nitrogens with one attached hydrogen (secondary N) is 1. The summed E-state index contributed by atoms with van der Waals surface area (Å²) in [6.07, 6.45) is 3.26. The average Bonchev–Trinajstić information content (AvgIpc) is 3.33. The van der Waals surface area contributed by atoms with Crippen LogP contribution < -0.4 is 16.0 Å². The highest BCUT2D eigenvalue weighted by Gasteiger charge is 2.26. The minimum absolute atomic E-state index is 0.0763. The van der Waals surface area contributed by atoms with Gasteiger partial charge in [0.1, 0.15) is 0 Å². The standard InChI is InChI=1S/C27H31N7O/c1-18(2)34-17-30-23-25(29-16-19-8-10-21(11-9-19)20-6-4-3-5-7-20)31-27(32-26(23)34)33-14-12-22(13-15-33)24(28)35/h3-11,17-18,22H,12-16H2,1-2H3,(H2,28,35)(H,29,31,32). The lowest BCUT2D eigenvalue weighted by Crippen LogP contribution is -2.39. The van der Waals surface area contributed by atoms with Crippen molar-refractivity contribution in [2.45, 2.75) is 39.3 Å². The molecule has 1 aliphatic heterocycles. The minimum Gasteiger partial charge on any atom is -0.369 e. The summed E-state index contributed by atoms with van der Waals surface area (Å²) in [6.45, 7) is 6.26. The molecular formula is C27H31N7O. The zero-order chi connectivity index (χ0) is 24.4. The molecular weight excluding hydrogens is 438 g/mol. The lowest BCUT2D eigenvalue weighted by atomic mass is 9.96. The number of nitrogens with two attached hydrogens (primary N) is 1. The van der Waals surface area contributed by atoms with Crippen LogP contribution in [0.15, 0.2) is 60.9 Å². The maximum Gasteiger partial charge on any atom is 0.229 e. The molecule has 2 aromatic heterocycles. The van der Waals surface area contributed by atoms with Gasteiger partial charge in [-0.25, -0.2) is 4.98 Å². The first kappa shape index (κ1) is 22.8. The number of nitrogens with zero attached hydrogens (tertiary/aromatic N) is 5. The lowest BCUT2D eigenvalue weighted by molar-refractivity contribution is -0.122. The molecule has 35 heavy (non-hydrogen) atoms. The number of carbonyl (C=O) groups excluding carboxylic acids is 1. The van der Waals surface area contributed by atoms with Gasteiger partial charge in [-0.05, 0) is 43.4 Å². The number of anilines is 2. The van der Waals surface area contributed by atoms with E-state index in [0.29, 0.717) is 31.4 Å². The smallest absolute Gasteiger partial charge is 0.229 e. The Morgan fingerprint density at radius 1 is 1.03 bits per heavy atom. The van der Waals surface area contributed by atoms with Gasteiger partial charge in [0.25, 0.3) is 0 Å². The summed E-state index contributed by atoms with van der Waals surface area (Å²) in [4.78, 5) is 28.1. The number of hydrogen-bond acceptors (Lipinski definition) is 6. The normalized spacial score (nSPS) is 14.5. The van der Waals surface area contributed by atoms with Gasteiger partial charge < -0.3 is 20.5 Å². The molecule has 0 spiro atoms. The van der Waals surface area contributed by atoms with Crippen LogP contribution in [0.2, 0.25) is 0 Å². The lowest BCUT2D eigenvalue weighted by Gasteiger charge is -2.30. The molecule has 1 aliphatic rings. The van der Waals surface area contributed by atoms with E-state index in [0.717, 1.165) is 29.6 Å². The van der Waals surface area contributed by atoms with Crippen LogP contribution in [0, 0.1) is 5.92 Å². The fourth-order valence-electron chi connectivity index (χ4n) is 4.54. The fraction of sp³-hybridized carbons (Fsp3) is 0.333. The molecule has 1 amide bonds. The van der Waals surface area contributed by atoms with Gasteiger partial charge in [0.05, 0.1) is 6.33 Å². The molecule has 0 aliphatic carbocycles. The molecule has 1 fully saturated rings. The van der Waals surface area contributed by atoms with Crippen LogP contribution >= 0.6 is 0 Å². The van der Waals surface area contributed by atoms with E-state index >= 15 is 0 Å². The van der Waals surface area contributed by atoms with E-state index in [1.807, 2.05) is 12.4 Å². The Labute approximate surface area is 205 Å². The Hall–Kier alpha value is -3.94. The van der Waals surface area contributed by atoms with Crippen molar-refractivity contribution >= 4 is 28.8 Å². The molecule has 3 heterocycles. The molecule has 3 N–H and O–H groups in total. The summed E-state index contributed by atoms with van der Waals surface area (Å²) in [5.74, 6) is 1.07. The van der Waals surface area contributed by atoms with Gasteiger partial charge in [-0.3, -0.25) is 4.79 Å². The van der Waals surface area contributed by atoms with Gasteiger partial charge in [0, 0.05) is 31.6 Å². The van der Waals surface area contributed by atoms with Gasteiger partial charge in [-0.15, -0.1) is 0 Å². The van der Waals surface area contributed by atoms with Gasteiger partial charge in [-0.2, -0.15) is 9.97 Å². The maximum absolute atomic E-state index is 11.6. The number of primary amides is 1. The summed E-state index contributed by atoms with van der Waals surface area (Å²) in [5, 5.41) is 3.49. The van der Waals surface area contributed by atoms with Crippen molar-refractivity contribution in [3.05, 3.63) is 66.5 Å². The van der Waals surface area contributed by atoms with Crippen LogP contribution in [0.4, 0.5) is 11.8 Å². The van der Waals surface area contributed by atoms with Crippen LogP contribution in [-0.2, 0) is 11.3 Å². The Morgan fingerprint density at radius 3 is 2.37 bits per heavy atom. The summed E-state index contributed by atoms with van der Waals surface area (Å²) in [5.41, 5.74) is 10.6. The zero-order valence-corrected chi connectivity index (χ0v) is 20.2. The first-order chi connectivity index (χ1) is 17.0. The average molecular weight is 470 g/mol. The van der Waals surface area contributed by atoms with Gasteiger partial charge >= 0.3 is 0 Å². The molecule has 0 unspecified atom stereocenters. The van der Waals surface area contributed by atoms with Crippen molar-refractivity contribution < 1.29 is 4.79 Å². The molecule has 2 aromatic carbocycles. The van der Waals surface area contributed by atoms with Crippen molar-refractivity contribution in [1.29, 1.82) is 0 Å². The highest BCUT2D eigenvalue weighted by molar-refractivity contribution is 5.84. The monoisotopic (exact) mass is 469 g/mol. The highest BCUT2D eigenvalue weighted by atomic mass is 16.1. The Kier molecular flexibility index (Phi) is 6.35. The number of aromatic nitrogens is 4. The number of hydrogen-bond donors (Lipinski definition) is 2. The molecule has 0 saturated carbocycles.